The van der Waals surface area contributed by atoms with Crippen LogP contribution in [0.15, 0.2) is 8.94 Å². The molecule has 0 fully saturated rings. The van der Waals surface area contributed by atoms with Crippen molar-refractivity contribution in [3.63, 3.8) is 0 Å². The van der Waals surface area contributed by atoms with Gasteiger partial charge in [0.05, 0.1) is 11.2 Å². The second-order valence-electron chi connectivity index (χ2n) is 4.34. The summed E-state index contributed by atoms with van der Waals surface area (Å²) in [6, 6.07) is 0. The number of aryl methyl sites for hydroxylation is 2. The summed E-state index contributed by atoms with van der Waals surface area (Å²) in [5, 5.41) is 3.89. The highest BCUT2D eigenvalue weighted by Crippen LogP contribution is 2.25. The first-order valence-corrected chi connectivity index (χ1v) is 5.51. The summed E-state index contributed by atoms with van der Waals surface area (Å²) < 4.78 is 10.6. The Morgan fingerprint density at radius 3 is 2.53 bits per heavy atom. The number of hydrogen-bond donors (Lipinski definition) is 1. The Kier molecular flexibility index (Phi) is 2.74. The second kappa shape index (κ2) is 3.96. The molecular formula is C11H16N4O2. The van der Waals surface area contributed by atoms with Gasteiger partial charge in [-0.15, -0.1) is 0 Å². The van der Waals surface area contributed by atoms with Crippen LogP contribution in [0.25, 0.3) is 11.7 Å². The smallest absolute Gasteiger partial charge is 0.295 e. The van der Waals surface area contributed by atoms with Gasteiger partial charge in [-0.3, -0.25) is 0 Å². The lowest BCUT2D eigenvalue weighted by Crippen LogP contribution is -2.33. The molecule has 0 amide bonds. The molecule has 1 atom stereocenters. The Balaban J connectivity index is 2.40. The lowest BCUT2D eigenvalue weighted by atomic mass is 10.0. The molecule has 0 aliphatic carbocycles. The van der Waals surface area contributed by atoms with Crippen LogP contribution in [-0.2, 0) is 5.54 Å². The van der Waals surface area contributed by atoms with E-state index in [1.165, 1.54) is 0 Å². The van der Waals surface area contributed by atoms with Crippen LogP contribution in [-0.4, -0.2) is 15.1 Å². The fraction of sp³-hybridized carbons (Fsp3) is 0.545. The number of rotatable bonds is 3. The number of nitrogens with zero attached hydrogens (tertiary/aromatic N) is 3. The highest BCUT2D eigenvalue weighted by Gasteiger charge is 2.27. The highest BCUT2D eigenvalue weighted by atomic mass is 16.5. The molecular weight excluding hydrogens is 220 g/mol. The number of aromatic nitrogens is 3. The molecule has 6 heteroatoms. The molecule has 2 N–H and O–H groups in total. The predicted octanol–water partition coefficient (Wildman–Crippen LogP) is 1.93. The van der Waals surface area contributed by atoms with Crippen molar-refractivity contribution in [1.29, 1.82) is 0 Å². The minimum absolute atomic E-state index is 0.322. The van der Waals surface area contributed by atoms with E-state index in [0.717, 1.165) is 12.1 Å². The Labute approximate surface area is 99.2 Å². The van der Waals surface area contributed by atoms with Crippen molar-refractivity contribution >= 4 is 0 Å². The van der Waals surface area contributed by atoms with E-state index in [1.807, 2.05) is 20.8 Å². The maximum atomic E-state index is 6.04. The molecule has 0 spiro atoms. The van der Waals surface area contributed by atoms with Gasteiger partial charge in [-0.25, -0.2) is 4.98 Å². The monoisotopic (exact) mass is 236 g/mol. The third-order valence-corrected chi connectivity index (χ3v) is 2.77. The van der Waals surface area contributed by atoms with Gasteiger partial charge in [-0.2, -0.15) is 4.98 Å². The molecule has 0 saturated carbocycles. The molecule has 0 aliphatic rings. The van der Waals surface area contributed by atoms with Gasteiger partial charge in [-0.1, -0.05) is 12.1 Å². The summed E-state index contributed by atoms with van der Waals surface area (Å²) in [5.41, 5.74) is 6.18. The zero-order chi connectivity index (χ0) is 12.6. The van der Waals surface area contributed by atoms with Crippen LogP contribution in [0.5, 0.6) is 0 Å². The Bertz CT molecular complexity index is 527. The molecule has 2 aromatic heterocycles. The van der Waals surface area contributed by atoms with Crippen LogP contribution >= 0.6 is 0 Å². The van der Waals surface area contributed by atoms with Gasteiger partial charge in [0.25, 0.3) is 5.89 Å². The second-order valence-corrected chi connectivity index (χ2v) is 4.34. The van der Waals surface area contributed by atoms with Crippen LogP contribution < -0.4 is 5.73 Å². The first-order chi connectivity index (χ1) is 7.94. The Morgan fingerprint density at radius 2 is 2.00 bits per heavy atom. The molecule has 17 heavy (non-hydrogen) atoms. The summed E-state index contributed by atoms with van der Waals surface area (Å²) in [5.74, 6) is 1.88. The van der Waals surface area contributed by atoms with E-state index in [2.05, 4.69) is 15.1 Å². The van der Waals surface area contributed by atoms with Crippen LogP contribution in [0.4, 0.5) is 0 Å². The van der Waals surface area contributed by atoms with Crippen LogP contribution in [0.2, 0.25) is 0 Å². The Hall–Kier alpha value is -1.69. The molecule has 0 radical (unpaired) electrons. The molecule has 0 aliphatic heterocycles. The zero-order valence-electron chi connectivity index (χ0n) is 10.4. The van der Waals surface area contributed by atoms with E-state index < -0.39 is 5.54 Å². The minimum atomic E-state index is -0.593. The Morgan fingerprint density at radius 1 is 1.29 bits per heavy atom. The fourth-order valence-corrected chi connectivity index (χ4v) is 1.44. The van der Waals surface area contributed by atoms with Crippen molar-refractivity contribution in [2.45, 2.75) is 39.7 Å². The third kappa shape index (κ3) is 2.08. The van der Waals surface area contributed by atoms with Gasteiger partial charge in [0.2, 0.25) is 5.76 Å². The van der Waals surface area contributed by atoms with Crippen LogP contribution in [0.3, 0.4) is 0 Å². The van der Waals surface area contributed by atoms with Crippen LogP contribution in [0.1, 0.15) is 37.7 Å². The van der Waals surface area contributed by atoms with Crippen molar-refractivity contribution < 1.29 is 8.94 Å². The lowest BCUT2D eigenvalue weighted by molar-refractivity contribution is 0.372. The molecule has 0 saturated heterocycles. The first kappa shape index (κ1) is 11.8. The molecule has 2 aromatic rings. The van der Waals surface area contributed by atoms with Gasteiger partial charge < -0.3 is 14.7 Å². The van der Waals surface area contributed by atoms with Crippen molar-refractivity contribution in [3.8, 4) is 11.7 Å². The standard InChI is InChI=1S/C11H16N4O2/c1-5-11(4,12)10-14-9(17-15-10)8-6(2)13-7(3)16-8/h5,12H2,1-4H3. The van der Waals surface area contributed by atoms with Crippen molar-refractivity contribution in [2.24, 2.45) is 5.73 Å². The molecule has 1 unspecified atom stereocenters. The average Bonchev–Trinajstić information content (AvgIpc) is 2.85. The summed E-state index contributed by atoms with van der Waals surface area (Å²) in [6.45, 7) is 7.43. The van der Waals surface area contributed by atoms with E-state index in [9.17, 15) is 0 Å². The average molecular weight is 236 g/mol. The third-order valence-electron chi connectivity index (χ3n) is 2.77. The molecule has 2 rings (SSSR count). The van der Waals surface area contributed by atoms with Gasteiger partial charge in [0.1, 0.15) is 0 Å². The van der Waals surface area contributed by atoms with Crippen LogP contribution in [0, 0.1) is 13.8 Å². The SMILES string of the molecule is CCC(C)(N)c1noc(-c2oc(C)nc2C)n1. The highest BCUT2D eigenvalue weighted by molar-refractivity contribution is 5.47. The summed E-state index contributed by atoms with van der Waals surface area (Å²) in [7, 11) is 0. The van der Waals surface area contributed by atoms with E-state index in [0.29, 0.717) is 23.4 Å². The summed E-state index contributed by atoms with van der Waals surface area (Å²) in [4.78, 5) is 8.41. The van der Waals surface area contributed by atoms with E-state index in [1.54, 1.807) is 6.92 Å². The van der Waals surface area contributed by atoms with E-state index >= 15 is 0 Å². The molecule has 6 nitrogen and oxygen atoms in total. The van der Waals surface area contributed by atoms with Crippen molar-refractivity contribution in [3.05, 3.63) is 17.4 Å². The maximum absolute atomic E-state index is 6.04. The van der Waals surface area contributed by atoms with Crippen molar-refractivity contribution in [2.75, 3.05) is 0 Å². The zero-order valence-corrected chi connectivity index (χ0v) is 10.4. The lowest BCUT2D eigenvalue weighted by Gasteiger charge is -2.16. The predicted molar refractivity (Wildman–Crippen MR) is 61.1 cm³/mol. The first-order valence-electron chi connectivity index (χ1n) is 5.51. The van der Waals surface area contributed by atoms with Gasteiger partial charge >= 0.3 is 0 Å². The van der Waals surface area contributed by atoms with Gasteiger partial charge in [0.15, 0.2) is 11.7 Å². The maximum Gasteiger partial charge on any atom is 0.295 e. The topological polar surface area (TPSA) is 91.0 Å². The molecule has 2 heterocycles. The van der Waals surface area contributed by atoms with Gasteiger partial charge in [-0.05, 0) is 20.3 Å². The normalized spacial score (nSPS) is 14.9. The quantitative estimate of drug-likeness (QED) is 0.875. The number of hydrogen-bond acceptors (Lipinski definition) is 6. The van der Waals surface area contributed by atoms with E-state index in [4.69, 9.17) is 14.7 Å². The summed E-state index contributed by atoms with van der Waals surface area (Å²) in [6.07, 6.45) is 0.723. The number of oxazole rings is 1. The minimum Gasteiger partial charge on any atom is -0.436 e. The molecule has 0 aromatic carbocycles. The van der Waals surface area contributed by atoms with Gasteiger partial charge in [0, 0.05) is 6.92 Å². The molecule has 92 valence electrons. The fourth-order valence-electron chi connectivity index (χ4n) is 1.44. The number of nitrogens with two attached hydrogens (primary N) is 1. The molecule has 0 bridgehead atoms. The summed E-state index contributed by atoms with van der Waals surface area (Å²) >= 11 is 0. The van der Waals surface area contributed by atoms with E-state index in [-0.39, 0.29) is 0 Å². The largest absolute Gasteiger partial charge is 0.436 e. The van der Waals surface area contributed by atoms with Crippen molar-refractivity contribution in [1.82, 2.24) is 15.1 Å².